The summed E-state index contributed by atoms with van der Waals surface area (Å²) >= 11 is 0. The van der Waals surface area contributed by atoms with Crippen LogP contribution in [0.25, 0.3) is 0 Å². The molecule has 1 atom stereocenters. The van der Waals surface area contributed by atoms with E-state index in [0.717, 1.165) is 6.42 Å². The highest BCUT2D eigenvalue weighted by molar-refractivity contribution is 5.78. The monoisotopic (exact) mass is 210 g/mol. The molecule has 0 heterocycles. The van der Waals surface area contributed by atoms with Crippen molar-refractivity contribution in [3.8, 4) is 0 Å². The van der Waals surface area contributed by atoms with Crippen LogP contribution in [-0.2, 0) is 4.79 Å². The topological polar surface area (TPSA) is 55.1 Å². The third kappa shape index (κ3) is 6.91. The van der Waals surface area contributed by atoms with Crippen molar-refractivity contribution in [1.29, 1.82) is 0 Å². The maximum Gasteiger partial charge on any atom is 0.223 e. The molecule has 0 aliphatic carbocycles. The first-order chi connectivity index (χ1) is 7.11. The van der Waals surface area contributed by atoms with Gasteiger partial charge in [0.05, 0.1) is 0 Å². The molecular formula is C12H22N2O. The minimum atomic E-state index is -0.0342. The second kappa shape index (κ2) is 8.24. The second-order valence-corrected chi connectivity index (χ2v) is 3.80. The van der Waals surface area contributed by atoms with Gasteiger partial charge in [0.15, 0.2) is 0 Å². The first kappa shape index (κ1) is 13.9. The van der Waals surface area contributed by atoms with E-state index in [2.05, 4.69) is 18.5 Å². The normalized spacial score (nSPS) is 12.2. The molecule has 1 unspecified atom stereocenters. The van der Waals surface area contributed by atoms with Gasteiger partial charge in [0, 0.05) is 18.5 Å². The van der Waals surface area contributed by atoms with Crippen LogP contribution in [0, 0.1) is 5.92 Å². The SMILES string of the molecule is C=CCC(CC=C)C(=O)NCCC(C)N. The molecule has 0 saturated heterocycles. The van der Waals surface area contributed by atoms with Gasteiger partial charge in [0.25, 0.3) is 0 Å². The van der Waals surface area contributed by atoms with Crippen LogP contribution in [-0.4, -0.2) is 18.5 Å². The fourth-order valence-corrected chi connectivity index (χ4v) is 1.28. The van der Waals surface area contributed by atoms with Crippen LogP contribution in [0.4, 0.5) is 0 Å². The Labute approximate surface area is 92.4 Å². The number of nitrogens with one attached hydrogen (secondary N) is 1. The molecule has 0 aromatic heterocycles. The molecule has 15 heavy (non-hydrogen) atoms. The van der Waals surface area contributed by atoms with Gasteiger partial charge in [-0.05, 0) is 26.2 Å². The molecule has 0 aliphatic rings. The fourth-order valence-electron chi connectivity index (χ4n) is 1.28. The van der Waals surface area contributed by atoms with E-state index in [-0.39, 0.29) is 17.9 Å². The predicted molar refractivity (Wildman–Crippen MR) is 64.4 cm³/mol. The van der Waals surface area contributed by atoms with Gasteiger partial charge in [0.1, 0.15) is 0 Å². The van der Waals surface area contributed by atoms with Crippen molar-refractivity contribution in [3.63, 3.8) is 0 Å². The van der Waals surface area contributed by atoms with E-state index in [4.69, 9.17) is 5.73 Å². The summed E-state index contributed by atoms with van der Waals surface area (Å²) in [6.07, 6.45) is 5.71. The Kier molecular flexibility index (Phi) is 7.64. The first-order valence-corrected chi connectivity index (χ1v) is 5.36. The largest absolute Gasteiger partial charge is 0.356 e. The molecule has 0 aliphatic heterocycles. The molecule has 0 saturated carbocycles. The minimum Gasteiger partial charge on any atom is -0.356 e. The summed E-state index contributed by atoms with van der Waals surface area (Å²) in [6.45, 7) is 9.85. The molecule has 0 bridgehead atoms. The fraction of sp³-hybridized carbons (Fsp3) is 0.583. The van der Waals surface area contributed by atoms with Gasteiger partial charge in [-0.2, -0.15) is 0 Å². The minimum absolute atomic E-state index is 0.0342. The number of hydrogen-bond acceptors (Lipinski definition) is 2. The Bertz CT molecular complexity index is 202. The third-order valence-corrected chi connectivity index (χ3v) is 2.17. The van der Waals surface area contributed by atoms with Crippen molar-refractivity contribution >= 4 is 5.91 Å². The average Bonchev–Trinajstić information content (AvgIpc) is 2.16. The summed E-state index contributed by atoms with van der Waals surface area (Å²) in [5.41, 5.74) is 5.59. The molecule has 0 fully saturated rings. The second-order valence-electron chi connectivity index (χ2n) is 3.80. The lowest BCUT2D eigenvalue weighted by Crippen LogP contribution is -2.33. The number of carbonyl (C=O) groups is 1. The van der Waals surface area contributed by atoms with E-state index in [9.17, 15) is 4.79 Å². The summed E-state index contributed by atoms with van der Waals surface area (Å²) < 4.78 is 0. The Morgan fingerprint density at radius 1 is 1.40 bits per heavy atom. The van der Waals surface area contributed by atoms with Crippen LogP contribution in [0.15, 0.2) is 25.3 Å². The molecule has 3 heteroatoms. The van der Waals surface area contributed by atoms with Crippen molar-refractivity contribution in [3.05, 3.63) is 25.3 Å². The molecule has 0 aromatic rings. The first-order valence-electron chi connectivity index (χ1n) is 5.36. The van der Waals surface area contributed by atoms with E-state index in [1.54, 1.807) is 12.2 Å². The Balaban J connectivity index is 3.90. The van der Waals surface area contributed by atoms with Gasteiger partial charge in [-0.25, -0.2) is 0 Å². The molecule has 0 rings (SSSR count). The maximum absolute atomic E-state index is 11.7. The van der Waals surface area contributed by atoms with Crippen molar-refractivity contribution in [1.82, 2.24) is 5.32 Å². The number of hydrogen-bond donors (Lipinski definition) is 2. The molecule has 1 amide bonds. The van der Waals surface area contributed by atoms with Gasteiger partial charge in [-0.1, -0.05) is 12.2 Å². The highest BCUT2D eigenvalue weighted by Crippen LogP contribution is 2.09. The van der Waals surface area contributed by atoms with E-state index in [1.807, 2.05) is 6.92 Å². The number of amides is 1. The molecule has 0 spiro atoms. The molecular weight excluding hydrogens is 188 g/mol. The van der Waals surface area contributed by atoms with E-state index in [1.165, 1.54) is 0 Å². The smallest absolute Gasteiger partial charge is 0.223 e. The van der Waals surface area contributed by atoms with E-state index in [0.29, 0.717) is 19.4 Å². The van der Waals surface area contributed by atoms with Gasteiger partial charge < -0.3 is 11.1 Å². The lowest BCUT2D eigenvalue weighted by atomic mass is 10.0. The third-order valence-electron chi connectivity index (χ3n) is 2.17. The number of allylic oxidation sites excluding steroid dienone is 2. The van der Waals surface area contributed by atoms with Crippen LogP contribution >= 0.6 is 0 Å². The zero-order valence-electron chi connectivity index (χ0n) is 9.54. The van der Waals surface area contributed by atoms with Gasteiger partial charge in [-0.15, -0.1) is 13.2 Å². The maximum atomic E-state index is 11.7. The summed E-state index contributed by atoms with van der Waals surface area (Å²) in [6, 6.07) is 0.127. The lowest BCUT2D eigenvalue weighted by Gasteiger charge is -2.13. The molecule has 86 valence electrons. The van der Waals surface area contributed by atoms with E-state index >= 15 is 0 Å². The molecule has 0 aromatic carbocycles. The van der Waals surface area contributed by atoms with Crippen molar-refractivity contribution in [2.24, 2.45) is 11.7 Å². The zero-order valence-corrected chi connectivity index (χ0v) is 9.54. The van der Waals surface area contributed by atoms with Crippen molar-refractivity contribution < 1.29 is 4.79 Å². The standard InChI is InChI=1S/C12H22N2O/c1-4-6-11(7-5-2)12(15)14-9-8-10(3)13/h4-5,10-11H,1-2,6-9,13H2,3H3,(H,14,15). The number of rotatable bonds is 8. The average molecular weight is 210 g/mol. The molecule has 3 nitrogen and oxygen atoms in total. The Hall–Kier alpha value is -1.09. The quantitative estimate of drug-likeness (QED) is 0.598. The highest BCUT2D eigenvalue weighted by Gasteiger charge is 2.14. The van der Waals surface area contributed by atoms with Gasteiger partial charge >= 0.3 is 0 Å². The van der Waals surface area contributed by atoms with Crippen LogP contribution in [0.2, 0.25) is 0 Å². The van der Waals surface area contributed by atoms with Crippen LogP contribution < -0.4 is 11.1 Å². The number of carbonyl (C=O) groups excluding carboxylic acids is 1. The van der Waals surface area contributed by atoms with Crippen LogP contribution in [0.3, 0.4) is 0 Å². The predicted octanol–water partition coefficient (Wildman–Crippen LogP) is 1.61. The molecule has 3 N–H and O–H groups in total. The van der Waals surface area contributed by atoms with Crippen molar-refractivity contribution in [2.45, 2.75) is 32.2 Å². The van der Waals surface area contributed by atoms with E-state index < -0.39 is 0 Å². The summed E-state index contributed by atoms with van der Waals surface area (Å²) in [5, 5.41) is 2.87. The summed E-state index contributed by atoms with van der Waals surface area (Å²) in [4.78, 5) is 11.7. The van der Waals surface area contributed by atoms with Crippen molar-refractivity contribution in [2.75, 3.05) is 6.54 Å². The van der Waals surface area contributed by atoms with Gasteiger partial charge in [0.2, 0.25) is 5.91 Å². The zero-order chi connectivity index (χ0) is 11.7. The summed E-state index contributed by atoms with van der Waals surface area (Å²) in [5.74, 6) is 0.0310. The van der Waals surface area contributed by atoms with Crippen LogP contribution in [0.5, 0.6) is 0 Å². The summed E-state index contributed by atoms with van der Waals surface area (Å²) in [7, 11) is 0. The van der Waals surface area contributed by atoms with Gasteiger partial charge in [-0.3, -0.25) is 4.79 Å². The molecule has 0 radical (unpaired) electrons. The Morgan fingerprint density at radius 2 is 1.93 bits per heavy atom. The Morgan fingerprint density at radius 3 is 2.33 bits per heavy atom. The number of nitrogens with two attached hydrogens (primary N) is 1. The highest BCUT2D eigenvalue weighted by atomic mass is 16.1. The lowest BCUT2D eigenvalue weighted by molar-refractivity contribution is -0.124. The van der Waals surface area contributed by atoms with Crippen LogP contribution in [0.1, 0.15) is 26.2 Å².